The number of hydrogen-bond donors (Lipinski definition) is 1. The molecule has 0 bridgehead atoms. The summed E-state index contributed by atoms with van der Waals surface area (Å²) < 4.78 is 0.853. The Kier molecular flexibility index (Phi) is 1.66. The SMILES string of the molecule is Nc1csc2cc([N+](=O)[O-])ccc12. The molecule has 0 unspecified atom stereocenters. The van der Waals surface area contributed by atoms with Crippen molar-refractivity contribution in [3.8, 4) is 0 Å². The van der Waals surface area contributed by atoms with Crippen molar-refractivity contribution in [2.75, 3.05) is 5.73 Å². The van der Waals surface area contributed by atoms with E-state index in [-0.39, 0.29) is 5.69 Å². The van der Waals surface area contributed by atoms with Gasteiger partial charge in [-0.15, -0.1) is 11.3 Å². The molecule has 0 atom stereocenters. The highest BCUT2D eigenvalue weighted by atomic mass is 32.1. The second kappa shape index (κ2) is 2.70. The predicted molar refractivity (Wildman–Crippen MR) is 52.9 cm³/mol. The summed E-state index contributed by atoms with van der Waals surface area (Å²) in [5, 5.41) is 13.1. The quantitative estimate of drug-likeness (QED) is 0.559. The number of anilines is 1. The van der Waals surface area contributed by atoms with Gasteiger partial charge in [0.1, 0.15) is 0 Å². The van der Waals surface area contributed by atoms with Crippen molar-refractivity contribution in [1.29, 1.82) is 0 Å². The Morgan fingerprint density at radius 2 is 2.23 bits per heavy atom. The first-order chi connectivity index (χ1) is 6.18. The Morgan fingerprint density at radius 1 is 1.46 bits per heavy atom. The lowest BCUT2D eigenvalue weighted by molar-refractivity contribution is -0.384. The van der Waals surface area contributed by atoms with E-state index < -0.39 is 4.92 Å². The molecule has 0 aliphatic heterocycles. The third kappa shape index (κ3) is 1.23. The number of nitro benzene ring substituents is 1. The molecule has 2 N–H and O–H groups in total. The predicted octanol–water partition coefficient (Wildman–Crippen LogP) is 2.39. The molecule has 0 aliphatic carbocycles. The van der Waals surface area contributed by atoms with Crippen LogP contribution in [0.1, 0.15) is 0 Å². The van der Waals surface area contributed by atoms with Gasteiger partial charge in [-0.1, -0.05) is 0 Å². The Hall–Kier alpha value is -1.62. The highest BCUT2D eigenvalue weighted by Crippen LogP contribution is 2.30. The Labute approximate surface area is 77.7 Å². The molecule has 0 radical (unpaired) electrons. The highest BCUT2D eigenvalue weighted by Gasteiger charge is 2.08. The van der Waals surface area contributed by atoms with Crippen LogP contribution in [0, 0.1) is 10.1 Å². The third-order valence-electron chi connectivity index (χ3n) is 1.80. The van der Waals surface area contributed by atoms with Crippen molar-refractivity contribution in [2.24, 2.45) is 0 Å². The second-order valence-corrected chi connectivity index (χ2v) is 3.54. The minimum absolute atomic E-state index is 0.106. The lowest BCUT2D eigenvalue weighted by Gasteiger charge is -1.91. The molecule has 4 nitrogen and oxygen atoms in total. The molecule has 0 saturated carbocycles. The zero-order chi connectivity index (χ0) is 9.42. The second-order valence-electron chi connectivity index (χ2n) is 2.63. The number of nitrogens with two attached hydrogens (primary N) is 1. The fourth-order valence-electron chi connectivity index (χ4n) is 1.15. The molecule has 0 saturated heterocycles. The van der Waals surface area contributed by atoms with Crippen molar-refractivity contribution in [3.63, 3.8) is 0 Å². The fraction of sp³-hybridized carbons (Fsp3) is 0. The van der Waals surface area contributed by atoms with Gasteiger partial charge in [-0.25, -0.2) is 0 Å². The van der Waals surface area contributed by atoms with Gasteiger partial charge in [0.2, 0.25) is 0 Å². The Bertz CT molecular complexity index is 478. The van der Waals surface area contributed by atoms with E-state index in [0.717, 1.165) is 10.1 Å². The maximum atomic E-state index is 10.4. The van der Waals surface area contributed by atoms with Crippen molar-refractivity contribution in [2.45, 2.75) is 0 Å². The van der Waals surface area contributed by atoms with Gasteiger partial charge in [-0.3, -0.25) is 10.1 Å². The largest absolute Gasteiger partial charge is 0.398 e. The van der Waals surface area contributed by atoms with Crippen LogP contribution in [0.3, 0.4) is 0 Å². The van der Waals surface area contributed by atoms with Gasteiger partial charge < -0.3 is 5.73 Å². The number of benzene rings is 1. The maximum Gasteiger partial charge on any atom is 0.270 e. The molecule has 2 rings (SSSR count). The van der Waals surface area contributed by atoms with E-state index in [0.29, 0.717) is 5.69 Å². The molecule has 1 aromatic carbocycles. The van der Waals surface area contributed by atoms with E-state index in [1.807, 2.05) is 0 Å². The number of nitrogens with zero attached hydrogens (tertiary/aromatic N) is 1. The first-order valence-corrected chi connectivity index (χ1v) is 4.47. The highest BCUT2D eigenvalue weighted by molar-refractivity contribution is 7.17. The summed E-state index contributed by atoms with van der Waals surface area (Å²) in [6, 6.07) is 4.68. The van der Waals surface area contributed by atoms with E-state index in [1.165, 1.54) is 23.5 Å². The van der Waals surface area contributed by atoms with Gasteiger partial charge in [0.25, 0.3) is 5.69 Å². The first kappa shape index (κ1) is 8.00. The van der Waals surface area contributed by atoms with Gasteiger partial charge in [0.15, 0.2) is 0 Å². The molecule has 13 heavy (non-hydrogen) atoms. The molecule has 0 fully saturated rings. The van der Waals surface area contributed by atoms with Crippen LogP contribution in [-0.2, 0) is 0 Å². The summed E-state index contributed by atoms with van der Waals surface area (Å²) in [6.07, 6.45) is 0. The van der Waals surface area contributed by atoms with Crippen LogP contribution < -0.4 is 5.73 Å². The number of thiophene rings is 1. The van der Waals surface area contributed by atoms with Gasteiger partial charge in [0.05, 0.1) is 10.6 Å². The minimum atomic E-state index is -0.407. The average molecular weight is 194 g/mol. The zero-order valence-corrected chi connectivity index (χ0v) is 7.38. The first-order valence-electron chi connectivity index (χ1n) is 3.59. The van der Waals surface area contributed by atoms with Crippen molar-refractivity contribution in [1.82, 2.24) is 0 Å². The van der Waals surface area contributed by atoms with E-state index >= 15 is 0 Å². The third-order valence-corrected chi connectivity index (χ3v) is 2.76. The summed E-state index contributed by atoms with van der Waals surface area (Å²) >= 11 is 1.42. The number of hydrogen-bond acceptors (Lipinski definition) is 4. The number of nitro groups is 1. The molecular weight excluding hydrogens is 188 g/mol. The van der Waals surface area contributed by atoms with Crippen molar-refractivity contribution >= 4 is 32.8 Å². The molecule has 0 aliphatic rings. The summed E-state index contributed by atoms with van der Waals surface area (Å²) in [6.45, 7) is 0. The van der Waals surface area contributed by atoms with Crippen molar-refractivity contribution in [3.05, 3.63) is 33.7 Å². The van der Waals surface area contributed by atoms with Crippen LogP contribution in [-0.4, -0.2) is 4.92 Å². The number of non-ortho nitro benzene ring substituents is 1. The number of nitrogen functional groups attached to an aromatic ring is 1. The smallest absolute Gasteiger partial charge is 0.270 e. The van der Waals surface area contributed by atoms with Crippen LogP contribution in [0.25, 0.3) is 10.1 Å². The van der Waals surface area contributed by atoms with Crippen LogP contribution in [0.5, 0.6) is 0 Å². The van der Waals surface area contributed by atoms with Gasteiger partial charge in [-0.2, -0.15) is 0 Å². The number of fused-ring (bicyclic) bond motifs is 1. The van der Waals surface area contributed by atoms with Crippen LogP contribution in [0.2, 0.25) is 0 Å². The number of rotatable bonds is 1. The Balaban J connectivity index is 2.70. The summed E-state index contributed by atoms with van der Waals surface area (Å²) in [4.78, 5) is 10.0. The summed E-state index contributed by atoms with van der Waals surface area (Å²) in [5.41, 5.74) is 6.42. The van der Waals surface area contributed by atoms with Gasteiger partial charge in [0, 0.05) is 27.6 Å². The normalized spacial score (nSPS) is 10.5. The fourth-order valence-corrected chi connectivity index (χ4v) is 2.03. The molecule has 1 aromatic heterocycles. The topological polar surface area (TPSA) is 69.2 Å². The van der Waals surface area contributed by atoms with E-state index in [2.05, 4.69) is 0 Å². The molecule has 2 aromatic rings. The molecule has 5 heteroatoms. The molecule has 66 valence electrons. The molecule has 0 spiro atoms. The lowest BCUT2D eigenvalue weighted by atomic mass is 10.2. The van der Waals surface area contributed by atoms with E-state index in [4.69, 9.17) is 5.73 Å². The zero-order valence-electron chi connectivity index (χ0n) is 6.56. The van der Waals surface area contributed by atoms with E-state index in [9.17, 15) is 10.1 Å². The molecular formula is C8H6N2O2S. The van der Waals surface area contributed by atoms with Crippen molar-refractivity contribution < 1.29 is 4.92 Å². The van der Waals surface area contributed by atoms with E-state index in [1.54, 1.807) is 11.4 Å². The molecule has 0 amide bonds. The molecule has 1 heterocycles. The van der Waals surface area contributed by atoms with Gasteiger partial charge >= 0.3 is 0 Å². The Morgan fingerprint density at radius 3 is 2.92 bits per heavy atom. The standard InChI is InChI=1S/C8H6N2O2S/c9-7-4-13-8-3-5(10(11)12)1-2-6(7)8/h1-4H,9H2. The maximum absolute atomic E-state index is 10.4. The van der Waals surface area contributed by atoms with Gasteiger partial charge in [-0.05, 0) is 6.07 Å². The monoisotopic (exact) mass is 194 g/mol. The van der Waals surface area contributed by atoms with Crippen LogP contribution in [0.15, 0.2) is 23.6 Å². The average Bonchev–Trinajstić information content (AvgIpc) is 2.47. The van der Waals surface area contributed by atoms with Crippen LogP contribution >= 0.6 is 11.3 Å². The minimum Gasteiger partial charge on any atom is -0.398 e. The van der Waals surface area contributed by atoms with Crippen LogP contribution in [0.4, 0.5) is 11.4 Å². The summed E-state index contributed by atoms with van der Waals surface area (Å²) in [5.74, 6) is 0. The summed E-state index contributed by atoms with van der Waals surface area (Å²) in [7, 11) is 0. The lowest BCUT2D eigenvalue weighted by Crippen LogP contribution is -1.86.